The summed E-state index contributed by atoms with van der Waals surface area (Å²) in [5.41, 5.74) is -0.280. The average molecular weight is 277 g/mol. The summed E-state index contributed by atoms with van der Waals surface area (Å²) < 4.78 is 1.51. The number of aromatic nitrogens is 7. The molecule has 1 aliphatic carbocycles. The van der Waals surface area contributed by atoms with Crippen molar-refractivity contribution in [3.05, 3.63) is 6.20 Å². The molecule has 0 spiro atoms. The van der Waals surface area contributed by atoms with Crippen molar-refractivity contribution in [2.24, 2.45) is 5.41 Å². The topological polar surface area (TPSA) is 122 Å². The van der Waals surface area contributed by atoms with E-state index in [1.165, 1.54) is 10.9 Å². The van der Waals surface area contributed by atoms with Gasteiger partial charge >= 0.3 is 5.97 Å². The molecule has 3 rings (SSSR count). The smallest absolute Gasteiger partial charge is 0.311 e. The number of rotatable bonds is 4. The zero-order chi connectivity index (χ0) is 14.0. The van der Waals surface area contributed by atoms with Crippen LogP contribution in [0, 0.1) is 5.41 Å². The molecule has 1 saturated carbocycles. The Morgan fingerprint density at radius 1 is 1.40 bits per heavy atom. The molecule has 0 unspecified atom stereocenters. The Bertz CT molecular complexity index is 586. The summed E-state index contributed by atoms with van der Waals surface area (Å²) in [6.07, 6.45) is 5.75. The fourth-order valence-electron chi connectivity index (χ4n) is 2.76. The number of carboxylic acids is 1. The van der Waals surface area contributed by atoms with Crippen molar-refractivity contribution in [2.45, 2.75) is 38.6 Å². The Morgan fingerprint density at radius 2 is 2.20 bits per heavy atom. The maximum absolute atomic E-state index is 11.7. The molecule has 106 valence electrons. The van der Waals surface area contributed by atoms with E-state index >= 15 is 0 Å². The van der Waals surface area contributed by atoms with E-state index in [0.29, 0.717) is 24.4 Å². The number of H-pyrrole nitrogens is 1. The van der Waals surface area contributed by atoms with Gasteiger partial charge in [-0.3, -0.25) is 4.79 Å². The van der Waals surface area contributed by atoms with Crippen LogP contribution in [0.3, 0.4) is 0 Å². The monoisotopic (exact) mass is 277 g/mol. The highest BCUT2D eigenvalue weighted by Gasteiger charge is 2.41. The van der Waals surface area contributed by atoms with E-state index in [-0.39, 0.29) is 6.54 Å². The van der Waals surface area contributed by atoms with Gasteiger partial charge in [-0.15, -0.1) is 5.10 Å². The van der Waals surface area contributed by atoms with Crippen LogP contribution in [0.15, 0.2) is 6.20 Å². The quantitative estimate of drug-likeness (QED) is 0.833. The molecule has 0 saturated heterocycles. The molecule has 2 aromatic heterocycles. The van der Waals surface area contributed by atoms with Crippen molar-refractivity contribution in [1.29, 1.82) is 0 Å². The van der Waals surface area contributed by atoms with Crippen LogP contribution < -0.4 is 0 Å². The van der Waals surface area contributed by atoms with E-state index in [0.717, 1.165) is 19.3 Å². The largest absolute Gasteiger partial charge is 0.481 e. The first kappa shape index (κ1) is 12.7. The van der Waals surface area contributed by atoms with Gasteiger partial charge in [-0.2, -0.15) is 15.4 Å². The van der Waals surface area contributed by atoms with Crippen LogP contribution in [0.5, 0.6) is 0 Å². The second kappa shape index (κ2) is 4.99. The lowest BCUT2D eigenvalue weighted by molar-refractivity contribution is -0.152. The number of carboxylic acid groups (broad SMARTS) is 1. The van der Waals surface area contributed by atoms with Gasteiger partial charge in [-0.05, 0) is 23.3 Å². The van der Waals surface area contributed by atoms with Gasteiger partial charge in [0.1, 0.15) is 0 Å². The number of aliphatic carboxylic acids is 1. The van der Waals surface area contributed by atoms with Gasteiger partial charge in [-0.25, -0.2) is 4.68 Å². The highest BCUT2D eigenvalue weighted by Crippen LogP contribution is 2.38. The van der Waals surface area contributed by atoms with Gasteiger partial charge < -0.3 is 5.11 Å². The van der Waals surface area contributed by atoms with E-state index in [1.807, 2.05) is 0 Å². The minimum absolute atomic E-state index is 0.261. The standard InChI is InChI=1S/C11H15N7O2/c19-10(20)11(4-2-1-3-5-11)7-18-9(14-16-17-18)8-6-12-15-13-8/h6H,1-5,7H2,(H,19,20)(H,12,13,15). The minimum atomic E-state index is -0.786. The van der Waals surface area contributed by atoms with Gasteiger partial charge in [0.25, 0.3) is 0 Å². The maximum atomic E-state index is 11.7. The molecule has 20 heavy (non-hydrogen) atoms. The summed E-state index contributed by atoms with van der Waals surface area (Å²) in [5, 5.41) is 31.2. The van der Waals surface area contributed by atoms with Crippen LogP contribution in [-0.4, -0.2) is 46.7 Å². The molecule has 1 aliphatic rings. The van der Waals surface area contributed by atoms with Crippen LogP contribution in [0.1, 0.15) is 32.1 Å². The molecule has 2 heterocycles. The zero-order valence-electron chi connectivity index (χ0n) is 10.9. The Kier molecular flexibility index (Phi) is 3.17. The molecule has 9 heteroatoms. The van der Waals surface area contributed by atoms with Gasteiger partial charge in [0.05, 0.1) is 18.2 Å². The van der Waals surface area contributed by atoms with Gasteiger partial charge in [0.2, 0.25) is 5.82 Å². The lowest BCUT2D eigenvalue weighted by atomic mass is 9.74. The van der Waals surface area contributed by atoms with E-state index in [4.69, 9.17) is 0 Å². The highest BCUT2D eigenvalue weighted by molar-refractivity contribution is 5.74. The number of carbonyl (C=O) groups is 1. The fraction of sp³-hybridized carbons (Fsp3) is 0.636. The fourth-order valence-corrected chi connectivity index (χ4v) is 2.76. The van der Waals surface area contributed by atoms with Crippen LogP contribution in [0.4, 0.5) is 0 Å². The number of aromatic amines is 1. The molecule has 0 atom stereocenters. The van der Waals surface area contributed by atoms with Crippen LogP contribution in [-0.2, 0) is 11.3 Å². The summed E-state index contributed by atoms with van der Waals surface area (Å²) in [7, 11) is 0. The van der Waals surface area contributed by atoms with Crippen molar-refractivity contribution >= 4 is 5.97 Å². The summed E-state index contributed by atoms with van der Waals surface area (Å²) in [5.74, 6) is -0.344. The molecule has 0 bridgehead atoms. The second-order valence-electron chi connectivity index (χ2n) is 5.16. The summed E-state index contributed by atoms with van der Waals surface area (Å²) >= 11 is 0. The molecule has 2 N–H and O–H groups in total. The second-order valence-corrected chi connectivity index (χ2v) is 5.16. The predicted octanol–water partition coefficient (Wildman–Crippen LogP) is 0.493. The Hall–Kier alpha value is -2.32. The third-order valence-corrected chi connectivity index (χ3v) is 3.89. The molecular formula is C11H15N7O2. The zero-order valence-corrected chi connectivity index (χ0v) is 10.9. The van der Waals surface area contributed by atoms with Gasteiger partial charge in [0, 0.05) is 0 Å². The van der Waals surface area contributed by atoms with Gasteiger partial charge in [-0.1, -0.05) is 19.3 Å². The Labute approximate surface area is 114 Å². The Morgan fingerprint density at radius 3 is 2.85 bits per heavy atom. The van der Waals surface area contributed by atoms with Crippen molar-refractivity contribution in [2.75, 3.05) is 0 Å². The summed E-state index contributed by atoms with van der Waals surface area (Å²) in [6, 6.07) is 0. The molecule has 0 amide bonds. The van der Waals surface area contributed by atoms with E-state index in [9.17, 15) is 9.90 Å². The van der Waals surface area contributed by atoms with Crippen LogP contribution in [0.25, 0.3) is 11.5 Å². The summed E-state index contributed by atoms with van der Waals surface area (Å²) in [6.45, 7) is 0.261. The number of tetrazole rings is 1. The summed E-state index contributed by atoms with van der Waals surface area (Å²) in [4.78, 5) is 11.7. The third-order valence-electron chi connectivity index (χ3n) is 3.89. The average Bonchev–Trinajstić information content (AvgIpc) is 3.10. The molecule has 0 radical (unpaired) electrons. The van der Waals surface area contributed by atoms with Gasteiger partial charge in [0.15, 0.2) is 5.69 Å². The van der Waals surface area contributed by atoms with Crippen molar-refractivity contribution in [3.8, 4) is 11.5 Å². The first-order valence-electron chi connectivity index (χ1n) is 6.57. The SMILES string of the molecule is O=C(O)C1(Cn2nnnc2-c2cn[nH]n2)CCCCC1. The lowest BCUT2D eigenvalue weighted by Crippen LogP contribution is -2.38. The van der Waals surface area contributed by atoms with Crippen LogP contribution >= 0.6 is 0 Å². The number of nitrogens with zero attached hydrogens (tertiary/aromatic N) is 6. The third kappa shape index (κ3) is 2.15. The molecule has 2 aromatic rings. The van der Waals surface area contributed by atoms with Crippen molar-refractivity contribution < 1.29 is 9.90 Å². The molecule has 9 nitrogen and oxygen atoms in total. The molecule has 0 aromatic carbocycles. The number of nitrogens with one attached hydrogen (secondary N) is 1. The first-order chi connectivity index (χ1) is 9.71. The normalized spacial score (nSPS) is 18.0. The number of hydrogen-bond acceptors (Lipinski definition) is 6. The molecule has 1 fully saturated rings. The predicted molar refractivity (Wildman–Crippen MR) is 66.3 cm³/mol. The van der Waals surface area contributed by atoms with Crippen molar-refractivity contribution in [3.63, 3.8) is 0 Å². The van der Waals surface area contributed by atoms with E-state index in [1.54, 1.807) is 0 Å². The van der Waals surface area contributed by atoms with E-state index in [2.05, 4.69) is 30.9 Å². The maximum Gasteiger partial charge on any atom is 0.311 e. The number of hydrogen-bond donors (Lipinski definition) is 2. The van der Waals surface area contributed by atoms with Crippen LogP contribution in [0.2, 0.25) is 0 Å². The van der Waals surface area contributed by atoms with E-state index < -0.39 is 11.4 Å². The lowest BCUT2D eigenvalue weighted by Gasteiger charge is -2.32. The molecular weight excluding hydrogens is 262 g/mol. The highest BCUT2D eigenvalue weighted by atomic mass is 16.4. The molecule has 0 aliphatic heterocycles. The Balaban J connectivity index is 1.90. The first-order valence-corrected chi connectivity index (χ1v) is 6.57. The minimum Gasteiger partial charge on any atom is -0.481 e. The van der Waals surface area contributed by atoms with Crippen molar-refractivity contribution in [1.82, 2.24) is 35.6 Å².